The SMILES string of the molecule is CCOC(=O)COc1ccc(C(C)(c2ccc(OC)c(OC)c2)n2ccc3ccccc32)cc1. The Balaban J connectivity index is 1.80. The van der Waals surface area contributed by atoms with Crippen LogP contribution in [0.15, 0.2) is 79.0 Å². The van der Waals surface area contributed by atoms with E-state index < -0.39 is 5.54 Å². The normalized spacial score (nSPS) is 12.7. The van der Waals surface area contributed by atoms with Crippen LogP contribution in [-0.2, 0) is 15.1 Å². The van der Waals surface area contributed by atoms with Crippen LogP contribution in [0.2, 0.25) is 0 Å². The Morgan fingerprint density at radius 2 is 1.59 bits per heavy atom. The minimum Gasteiger partial charge on any atom is -0.493 e. The molecule has 1 aromatic heterocycles. The summed E-state index contributed by atoms with van der Waals surface area (Å²) in [4.78, 5) is 11.6. The molecule has 0 radical (unpaired) electrons. The number of methoxy groups -OCH3 is 2. The standard InChI is InChI=1S/C28H29NO5/c1-5-33-27(30)19-34-23-13-10-21(11-14-23)28(2,22-12-15-25(31-3)26(18-22)32-4)29-17-16-20-8-6-7-9-24(20)29/h6-18H,5,19H2,1-4H3. The van der Waals surface area contributed by atoms with E-state index >= 15 is 0 Å². The first-order valence-electron chi connectivity index (χ1n) is 11.2. The number of ether oxygens (including phenoxy) is 4. The molecule has 1 unspecified atom stereocenters. The molecular weight excluding hydrogens is 430 g/mol. The van der Waals surface area contributed by atoms with Crippen LogP contribution >= 0.6 is 0 Å². The Morgan fingerprint density at radius 3 is 2.29 bits per heavy atom. The van der Waals surface area contributed by atoms with Gasteiger partial charge in [0.25, 0.3) is 0 Å². The predicted octanol–water partition coefficient (Wildman–Crippen LogP) is 5.41. The number of hydrogen-bond acceptors (Lipinski definition) is 5. The average molecular weight is 460 g/mol. The van der Waals surface area contributed by atoms with Crippen molar-refractivity contribution < 1.29 is 23.7 Å². The molecule has 0 saturated carbocycles. The van der Waals surface area contributed by atoms with Crippen molar-refractivity contribution in [3.05, 3.63) is 90.1 Å². The van der Waals surface area contributed by atoms with Crippen LogP contribution in [0.3, 0.4) is 0 Å². The third-order valence-electron chi connectivity index (χ3n) is 6.11. The van der Waals surface area contributed by atoms with Gasteiger partial charge in [-0.2, -0.15) is 0 Å². The molecule has 0 saturated heterocycles. The quantitative estimate of drug-likeness (QED) is 0.313. The fourth-order valence-electron chi connectivity index (χ4n) is 4.28. The second-order valence-corrected chi connectivity index (χ2v) is 8.00. The molecule has 0 aliphatic heterocycles. The lowest BCUT2D eigenvalue weighted by Crippen LogP contribution is -2.32. The van der Waals surface area contributed by atoms with Gasteiger partial charge in [0.1, 0.15) is 5.75 Å². The number of rotatable bonds is 9. The monoisotopic (exact) mass is 459 g/mol. The minimum atomic E-state index is -0.567. The summed E-state index contributed by atoms with van der Waals surface area (Å²) in [5.41, 5.74) is 2.63. The van der Waals surface area contributed by atoms with Crippen LogP contribution < -0.4 is 14.2 Å². The Hall–Kier alpha value is -3.93. The van der Waals surface area contributed by atoms with E-state index in [1.165, 1.54) is 0 Å². The summed E-state index contributed by atoms with van der Waals surface area (Å²) in [7, 11) is 3.27. The van der Waals surface area contributed by atoms with Crippen molar-refractivity contribution >= 4 is 16.9 Å². The molecule has 0 bridgehead atoms. The number of aromatic nitrogens is 1. The minimum absolute atomic E-state index is 0.123. The summed E-state index contributed by atoms with van der Waals surface area (Å²) in [6.07, 6.45) is 2.10. The van der Waals surface area contributed by atoms with Gasteiger partial charge in [0, 0.05) is 11.7 Å². The topological polar surface area (TPSA) is 58.9 Å². The zero-order valence-corrected chi connectivity index (χ0v) is 19.9. The fraction of sp³-hybridized carbons (Fsp3) is 0.250. The van der Waals surface area contributed by atoms with Gasteiger partial charge in [-0.3, -0.25) is 0 Å². The molecule has 3 aromatic carbocycles. The van der Waals surface area contributed by atoms with Gasteiger partial charge in [-0.15, -0.1) is 0 Å². The van der Waals surface area contributed by atoms with Crippen LogP contribution in [0.4, 0.5) is 0 Å². The molecule has 0 spiro atoms. The first-order valence-corrected chi connectivity index (χ1v) is 11.2. The van der Waals surface area contributed by atoms with Crippen LogP contribution in [0.25, 0.3) is 10.9 Å². The number of esters is 1. The Labute approximate surface area is 199 Å². The predicted molar refractivity (Wildman–Crippen MR) is 132 cm³/mol. The number of nitrogens with zero attached hydrogens (tertiary/aromatic N) is 1. The first-order chi connectivity index (χ1) is 16.5. The highest BCUT2D eigenvalue weighted by Gasteiger charge is 2.33. The van der Waals surface area contributed by atoms with Crippen molar-refractivity contribution in [3.63, 3.8) is 0 Å². The van der Waals surface area contributed by atoms with Crippen LogP contribution in [0.5, 0.6) is 17.2 Å². The summed E-state index contributed by atoms with van der Waals surface area (Å²) in [5.74, 6) is 1.55. The molecule has 0 N–H and O–H groups in total. The van der Waals surface area contributed by atoms with Gasteiger partial charge in [-0.05, 0) is 66.8 Å². The lowest BCUT2D eigenvalue weighted by atomic mass is 9.83. The molecule has 0 amide bonds. The van der Waals surface area contributed by atoms with Crippen molar-refractivity contribution in [2.45, 2.75) is 19.4 Å². The van der Waals surface area contributed by atoms with E-state index in [4.69, 9.17) is 18.9 Å². The zero-order valence-electron chi connectivity index (χ0n) is 19.9. The maximum atomic E-state index is 11.6. The molecule has 176 valence electrons. The van der Waals surface area contributed by atoms with Crippen molar-refractivity contribution in [2.75, 3.05) is 27.4 Å². The highest BCUT2D eigenvalue weighted by Crippen LogP contribution is 2.40. The average Bonchev–Trinajstić information content (AvgIpc) is 3.32. The Bertz CT molecular complexity index is 1280. The molecule has 6 nitrogen and oxygen atoms in total. The first kappa shape index (κ1) is 23.2. The molecule has 1 atom stereocenters. The number of fused-ring (bicyclic) bond motifs is 1. The van der Waals surface area contributed by atoms with Gasteiger partial charge >= 0.3 is 5.97 Å². The van der Waals surface area contributed by atoms with E-state index in [0.717, 1.165) is 22.0 Å². The van der Waals surface area contributed by atoms with Crippen LogP contribution in [-0.4, -0.2) is 38.0 Å². The summed E-state index contributed by atoms with van der Waals surface area (Å²) in [6, 6.07) is 24.2. The Kier molecular flexibility index (Phi) is 6.77. The second-order valence-electron chi connectivity index (χ2n) is 8.00. The van der Waals surface area contributed by atoms with Crippen LogP contribution in [0.1, 0.15) is 25.0 Å². The van der Waals surface area contributed by atoms with Gasteiger partial charge in [0.2, 0.25) is 0 Å². The van der Waals surface area contributed by atoms with Gasteiger partial charge < -0.3 is 23.5 Å². The fourth-order valence-corrected chi connectivity index (χ4v) is 4.28. The molecular formula is C28H29NO5. The molecule has 0 aliphatic carbocycles. The third kappa shape index (κ3) is 4.31. The van der Waals surface area contributed by atoms with Gasteiger partial charge in [-0.25, -0.2) is 4.79 Å². The lowest BCUT2D eigenvalue weighted by molar-refractivity contribution is -0.145. The summed E-state index contributed by atoms with van der Waals surface area (Å²) in [5, 5.41) is 1.16. The smallest absolute Gasteiger partial charge is 0.344 e. The van der Waals surface area contributed by atoms with Crippen LogP contribution in [0, 0.1) is 0 Å². The van der Waals surface area contributed by atoms with E-state index in [-0.39, 0.29) is 12.6 Å². The lowest BCUT2D eigenvalue weighted by Gasteiger charge is -2.34. The van der Waals surface area contributed by atoms with Gasteiger partial charge in [0.05, 0.1) is 26.4 Å². The zero-order chi connectivity index (χ0) is 24.1. The molecule has 4 rings (SSSR count). The molecule has 0 fully saturated rings. The number of benzene rings is 3. The number of carbonyl (C=O) groups is 1. The molecule has 0 aliphatic rings. The van der Waals surface area contributed by atoms with Crippen molar-refractivity contribution in [1.82, 2.24) is 4.57 Å². The van der Waals surface area contributed by atoms with Gasteiger partial charge in [-0.1, -0.05) is 36.4 Å². The highest BCUT2D eigenvalue weighted by molar-refractivity contribution is 5.81. The second kappa shape index (κ2) is 9.91. The van der Waals surface area contributed by atoms with Gasteiger partial charge in [0.15, 0.2) is 18.1 Å². The van der Waals surface area contributed by atoms with E-state index in [1.807, 2.05) is 48.5 Å². The third-order valence-corrected chi connectivity index (χ3v) is 6.11. The number of hydrogen-bond donors (Lipinski definition) is 0. The number of carbonyl (C=O) groups excluding carboxylic acids is 1. The molecule has 1 heterocycles. The van der Waals surface area contributed by atoms with E-state index in [0.29, 0.717) is 23.9 Å². The van der Waals surface area contributed by atoms with E-state index in [1.54, 1.807) is 21.1 Å². The van der Waals surface area contributed by atoms with Crippen molar-refractivity contribution in [2.24, 2.45) is 0 Å². The summed E-state index contributed by atoms with van der Waals surface area (Å²) < 4.78 is 23.9. The highest BCUT2D eigenvalue weighted by atomic mass is 16.6. The van der Waals surface area contributed by atoms with Crippen molar-refractivity contribution in [1.29, 1.82) is 0 Å². The molecule has 4 aromatic rings. The largest absolute Gasteiger partial charge is 0.493 e. The Morgan fingerprint density at radius 1 is 0.882 bits per heavy atom. The maximum absolute atomic E-state index is 11.6. The van der Waals surface area contributed by atoms with E-state index in [9.17, 15) is 4.79 Å². The van der Waals surface area contributed by atoms with Crippen molar-refractivity contribution in [3.8, 4) is 17.2 Å². The summed E-state index contributed by atoms with van der Waals surface area (Å²) in [6.45, 7) is 4.15. The molecule has 6 heteroatoms. The maximum Gasteiger partial charge on any atom is 0.344 e. The number of para-hydroxylation sites is 1. The van der Waals surface area contributed by atoms with E-state index in [2.05, 4.69) is 42.0 Å². The summed E-state index contributed by atoms with van der Waals surface area (Å²) >= 11 is 0. The molecule has 34 heavy (non-hydrogen) atoms.